The van der Waals surface area contributed by atoms with Gasteiger partial charge in [-0.1, -0.05) is 120 Å². The van der Waals surface area contributed by atoms with E-state index < -0.39 is 75.9 Å². The quantitative estimate of drug-likeness (QED) is 0.115. The summed E-state index contributed by atoms with van der Waals surface area (Å²) in [7, 11) is -8.07. The molecule has 2 fully saturated rings. The maximum absolute atomic E-state index is 15.4. The molecule has 0 radical (unpaired) electrons. The zero-order valence-corrected chi connectivity index (χ0v) is 46.7. The number of methoxy groups -OCH3 is 2. The molecule has 0 amide bonds. The van der Waals surface area contributed by atoms with E-state index in [0.29, 0.717) is 39.1 Å². The average Bonchev–Trinajstić information content (AvgIpc) is 4.03. The molecule has 0 bridgehead atoms. The van der Waals surface area contributed by atoms with Crippen molar-refractivity contribution in [2.24, 2.45) is 0 Å². The van der Waals surface area contributed by atoms with Gasteiger partial charge in [-0.05, 0) is 132 Å². The van der Waals surface area contributed by atoms with Crippen molar-refractivity contribution in [2.45, 2.75) is 113 Å². The van der Waals surface area contributed by atoms with Crippen LogP contribution in [0.25, 0.3) is 21.9 Å². The Kier molecular flexibility index (Phi) is 14.3. The Balaban J connectivity index is 1.31. The monoisotopic (exact) mass is 1080 g/mol. The van der Waals surface area contributed by atoms with Crippen LogP contribution < -0.4 is 14.0 Å². The number of para-hydroxylation sites is 1. The van der Waals surface area contributed by atoms with Crippen molar-refractivity contribution in [3.8, 4) is 17.2 Å². The third-order valence-corrected chi connectivity index (χ3v) is 19.2. The van der Waals surface area contributed by atoms with Gasteiger partial charge in [0.25, 0.3) is 0 Å². The van der Waals surface area contributed by atoms with E-state index in [9.17, 15) is 0 Å². The Morgan fingerprint density at radius 3 is 1.17 bits per heavy atom. The molecule has 13 nitrogen and oxygen atoms in total. The van der Waals surface area contributed by atoms with Crippen LogP contribution in [-0.2, 0) is 40.4 Å². The van der Waals surface area contributed by atoms with Crippen LogP contribution in [-0.4, -0.2) is 51.7 Å². The van der Waals surface area contributed by atoms with Crippen molar-refractivity contribution in [1.82, 2.24) is 8.61 Å². The van der Waals surface area contributed by atoms with Crippen LogP contribution in [0, 0.1) is 0 Å². The summed E-state index contributed by atoms with van der Waals surface area (Å²) in [6.45, 7) is 16.2. The first-order chi connectivity index (χ1) is 36.2. The number of ether oxygens (including phenoxy) is 4. The average molecular weight is 1080 g/mol. The molecule has 2 aliphatic rings. The second-order valence-corrected chi connectivity index (χ2v) is 26.0. The number of fused-ring (bicyclic) bond motifs is 3. The predicted octanol–water partition coefficient (Wildman–Crippen LogP) is 14.4. The summed E-state index contributed by atoms with van der Waals surface area (Å²) in [6.07, 6.45) is -3.92. The first-order valence-electron chi connectivity index (χ1n) is 25.2. The van der Waals surface area contributed by atoms with Crippen LogP contribution in [0.4, 0.5) is 0 Å². The molecule has 16 heteroatoms. The van der Waals surface area contributed by atoms with Crippen molar-refractivity contribution in [3.63, 3.8) is 0 Å². The highest BCUT2D eigenvalue weighted by atomic mass is 32.2. The molecule has 0 unspecified atom stereocenters. The molecule has 2 aliphatic heterocycles. The van der Waals surface area contributed by atoms with Gasteiger partial charge in [0.15, 0.2) is 23.6 Å². The number of hydrogen-bond donors (Lipinski definition) is 0. The van der Waals surface area contributed by atoms with Crippen molar-refractivity contribution in [1.29, 1.82) is 0 Å². The lowest BCUT2D eigenvalue weighted by atomic mass is 9.83. The molecule has 76 heavy (non-hydrogen) atoms. The molecule has 396 valence electrons. The van der Waals surface area contributed by atoms with Gasteiger partial charge in [-0.25, -0.2) is 16.8 Å². The van der Waals surface area contributed by atoms with Gasteiger partial charge in [0.1, 0.15) is 29.5 Å². The minimum absolute atomic E-state index is 0.0537. The Morgan fingerprint density at radius 1 is 0.474 bits per heavy atom. The number of sulfonamides is 2. The topological polar surface area (TPSA) is 147 Å². The standard InChI is InChI=1S/C60H63N2O11PS2/c1-38-53(40-20-14-11-15-21-40)69-57(61(38)75(63,64)47-30-26-44(67-9)27-31-47)51-36-42(59(3,4)5)34-49-50-35-43(60(6,7)8)37-52(56(50)73-74(72-55(49)51)71-46-24-18-13-19-25-46)58-62(39(2)54(70-58)41-22-16-12-17-23-41)76(65,66)48-32-28-45(68-10)29-33-48/h11-39,53-54,57-58H,1-10H3/t38-,39-,53+,54+,57-,58-/m0/s1. The molecule has 8 aromatic rings. The molecular formula is C60H63N2O11PS2. The van der Waals surface area contributed by atoms with E-state index in [4.69, 9.17) is 31.9 Å². The van der Waals surface area contributed by atoms with Crippen LogP contribution >= 0.6 is 8.24 Å². The van der Waals surface area contributed by atoms with Crippen LogP contribution in [0.2, 0.25) is 0 Å². The van der Waals surface area contributed by atoms with Crippen molar-refractivity contribution in [2.75, 3.05) is 14.2 Å². The number of rotatable bonds is 12. The SMILES string of the molecule is COc1ccc(S(=O)(=O)N2[C@H](c3cc(C(C)(C)C)cc4c3op(Oc3ccccc3)oc3c([C@@H]5O[C@@H](c6ccccc6)[C@H](C)N5S(=O)(=O)c5ccc(OC)cc5)cc(C(C)(C)C)cc34)O[C@@H](c3ccccc3)[C@@H]2C)cc1. The second kappa shape index (κ2) is 20.5. The zero-order chi connectivity index (χ0) is 53.9. The summed E-state index contributed by atoms with van der Waals surface area (Å²) >= 11 is 0. The Bertz CT molecular complexity index is 3440. The lowest BCUT2D eigenvalue weighted by Crippen LogP contribution is -2.37. The smallest absolute Gasteiger partial charge is 0.453 e. The lowest BCUT2D eigenvalue weighted by molar-refractivity contribution is 0.0195. The van der Waals surface area contributed by atoms with E-state index in [-0.39, 0.29) is 21.0 Å². The van der Waals surface area contributed by atoms with Crippen LogP contribution in [0.1, 0.15) is 113 Å². The van der Waals surface area contributed by atoms with E-state index in [1.807, 2.05) is 117 Å². The fraction of sp³-hybridized carbons (Fsp3) is 0.300. The highest BCUT2D eigenvalue weighted by molar-refractivity contribution is 7.89. The first kappa shape index (κ1) is 53.0. The summed E-state index contributed by atoms with van der Waals surface area (Å²) in [5.74, 6) is 1.46. The molecule has 3 heterocycles. The molecule has 0 spiro atoms. The summed E-state index contributed by atoms with van der Waals surface area (Å²) in [4.78, 5) is 0.107. The summed E-state index contributed by atoms with van der Waals surface area (Å²) in [5, 5.41) is 1.12. The molecule has 1 aromatic heterocycles. The molecular weight excluding hydrogens is 1020 g/mol. The predicted molar refractivity (Wildman–Crippen MR) is 295 cm³/mol. The van der Waals surface area contributed by atoms with Gasteiger partial charge in [-0.3, -0.25) is 0 Å². The lowest BCUT2D eigenvalue weighted by Gasteiger charge is -2.28. The summed E-state index contributed by atoms with van der Waals surface area (Å²) in [6, 6.07) is 47.5. The zero-order valence-electron chi connectivity index (χ0n) is 44.2. The minimum atomic E-state index is -4.33. The van der Waals surface area contributed by atoms with Crippen LogP contribution in [0.5, 0.6) is 17.2 Å². The van der Waals surface area contributed by atoms with Crippen LogP contribution in [0.15, 0.2) is 182 Å². The van der Waals surface area contributed by atoms with Crippen LogP contribution in [0.3, 0.4) is 0 Å². The Morgan fingerprint density at radius 2 is 0.829 bits per heavy atom. The highest BCUT2D eigenvalue weighted by Crippen LogP contribution is 2.53. The first-order valence-corrected chi connectivity index (χ1v) is 29.2. The third kappa shape index (κ3) is 9.94. The largest absolute Gasteiger partial charge is 0.497 e. The number of nitrogens with zero attached hydrogens (tertiary/aromatic N) is 2. The molecule has 2 saturated heterocycles. The summed E-state index contributed by atoms with van der Waals surface area (Å²) < 4.78 is 111. The molecule has 6 atom stereocenters. The van der Waals surface area contributed by atoms with Crippen molar-refractivity contribution >= 4 is 50.2 Å². The normalized spacial score (nSPS) is 20.8. The molecule has 10 rings (SSSR count). The van der Waals surface area contributed by atoms with Gasteiger partial charge in [-0.15, -0.1) is 0 Å². The third-order valence-electron chi connectivity index (χ3n) is 14.3. The van der Waals surface area contributed by atoms with E-state index >= 15 is 16.8 Å². The van der Waals surface area contributed by atoms with Gasteiger partial charge in [0.05, 0.1) is 36.1 Å². The molecule has 0 saturated carbocycles. The maximum atomic E-state index is 15.4. The van der Waals surface area contributed by atoms with Gasteiger partial charge < -0.3 is 31.9 Å². The fourth-order valence-corrected chi connectivity index (χ4v) is 14.6. The molecule has 0 aliphatic carbocycles. The highest BCUT2D eigenvalue weighted by Gasteiger charge is 2.51. The number of hydrogen-bond acceptors (Lipinski definition) is 11. The minimum Gasteiger partial charge on any atom is -0.497 e. The van der Waals surface area contributed by atoms with Crippen molar-refractivity contribution < 1.29 is 48.7 Å². The second-order valence-electron chi connectivity index (χ2n) is 21.3. The van der Waals surface area contributed by atoms with E-state index in [0.717, 1.165) is 22.3 Å². The van der Waals surface area contributed by atoms with E-state index in [1.54, 1.807) is 36.4 Å². The fourth-order valence-electron chi connectivity index (χ4n) is 10.1. The van der Waals surface area contributed by atoms with Gasteiger partial charge in [0, 0.05) is 21.9 Å². The summed E-state index contributed by atoms with van der Waals surface area (Å²) in [5.41, 5.74) is 3.62. The Labute approximate surface area is 446 Å². The Hall–Kier alpha value is -6.42. The van der Waals surface area contributed by atoms with Gasteiger partial charge >= 0.3 is 8.24 Å². The van der Waals surface area contributed by atoms with Crippen molar-refractivity contribution in [3.05, 3.63) is 197 Å². The van der Waals surface area contributed by atoms with Gasteiger partial charge in [-0.2, -0.15) is 8.61 Å². The molecule has 0 N–H and O–H groups in total. The van der Waals surface area contributed by atoms with E-state index in [1.165, 1.54) is 47.1 Å². The molecule has 7 aromatic carbocycles. The van der Waals surface area contributed by atoms with E-state index in [2.05, 4.69) is 41.5 Å². The van der Waals surface area contributed by atoms with Gasteiger partial charge in [0.2, 0.25) is 20.0 Å². The number of benzene rings is 7. The maximum Gasteiger partial charge on any atom is 0.453 e.